The second-order valence-corrected chi connectivity index (χ2v) is 9.13. The van der Waals surface area contributed by atoms with Gasteiger partial charge in [-0.3, -0.25) is 4.98 Å². The summed E-state index contributed by atoms with van der Waals surface area (Å²) in [5.41, 5.74) is 1.51. The summed E-state index contributed by atoms with van der Waals surface area (Å²) in [6.07, 6.45) is 5.83. The van der Waals surface area contributed by atoms with Crippen molar-refractivity contribution in [2.45, 2.75) is 42.2 Å². The van der Waals surface area contributed by atoms with Gasteiger partial charge in [0.25, 0.3) is 0 Å². The number of likely N-dealkylation sites (N-methyl/N-ethyl adjacent to an activating group) is 1. The Labute approximate surface area is 160 Å². The van der Waals surface area contributed by atoms with Crippen LogP contribution in [0.5, 0.6) is 0 Å². The summed E-state index contributed by atoms with van der Waals surface area (Å²) in [6, 6.07) is 11.9. The number of carbonyl (C=O) groups is 1. The number of nitrogens with zero attached hydrogens (tertiary/aromatic N) is 2. The molecule has 2 aromatic rings. The molecule has 1 aromatic heterocycles. The Hall–Kier alpha value is -2.41. The monoisotopic (exact) mass is 387 g/mol. The van der Waals surface area contributed by atoms with Crippen LogP contribution >= 0.6 is 0 Å². The van der Waals surface area contributed by atoms with Crippen molar-refractivity contribution >= 4 is 21.6 Å². The first kappa shape index (κ1) is 19.4. The van der Waals surface area contributed by atoms with Crippen molar-refractivity contribution in [2.75, 3.05) is 18.9 Å². The minimum absolute atomic E-state index is 0.239. The number of carbonyl (C=O) groups excluding carboxylic acids is 1. The first-order valence-electron chi connectivity index (χ1n) is 9.23. The number of rotatable bonds is 6. The molecule has 1 aliphatic rings. The first-order valence-corrected chi connectivity index (χ1v) is 10.8. The number of hydrogen-bond acceptors (Lipinski definition) is 4. The lowest BCUT2D eigenvalue weighted by Crippen LogP contribution is -2.33. The molecule has 144 valence electrons. The molecule has 6 nitrogen and oxygen atoms in total. The first-order chi connectivity index (χ1) is 13.0. The fourth-order valence-corrected chi connectivity index (χ4v) is 5.12. The highest BCUT2D eigenvalue weighted by Gasteiger charge is 2.30. The number of amides is 2. The van der Waals surface area contributed by atoms with Crippen LogP contribution in [0.4, 0.5) is 10.5 Å². The molecule has 1 N–H and O–H groups in total. The van der Waals surface area contributed by atoms with E-state index in [4.69, 9.17) is 0 Å². The molecule has 1 aromatic carbocycles. The number of benzene rings is 1. The van der Waals surface area contributed by atoms with Crippen LogP contribution in [0.25, 0.3) is 0 Å². The van der Waals surface area contributed by atoms with Crippen LogP contribution in [0.3, 0.4) is 0 Å². The van der Waals surface area contributed by atoms with Gasteiger partial charge in [-0.15, -0.1) is 0 Å². The molecule has 3 rings (SSSR count). The molecule has 1 heterocycles. The van der Waals surface area contributed by atoms with E-state index in [1.165, 1.54) is 0 Å². The van der Waals surface area contributed by atoms with Gasteiger partial charge in [0.1, 0.15) is 0 Å². The van der Waals surface area contributed by atoms with E-state index in [9.17, 15) is 13.2 Å². The second-order valence-electron chi connectivity index (χ2n) is 6.90. The summed E-state index contributed by atoms with van der Waals surface area (Å²) in [6.45, 7) is 0.539. The molecule has 1 saturated carbocycles. The molecule has 0 atom stereocenters. The van der Waals surface area contributed by atoms with E-state index in [1.807, 2.05) is 18.2 Å². The van der Waals surface area contributed by atoms with Crippen LogP contribution in [0.15, 0.2) is 53.6 Å². The SMILES string of the molecule is CN(CCc1ccccn1)C(=O)Nc1ccc(S(=O)(=O)C2CCCC2)cc1. The van der Waals surface area contributed by atoms with Crippen LogP contribution in [0, 0.1) is 0 Å². The van der Waals surface area contributed by atoms with Crippen LogP contribution in [0.2, 0.25) is 0 Å². The Morgan fingerprint density at radius 1 is 1.15 bits per heavy atom. The molecule has 0 spiro atoms. The van der Waals surface area contributed by atoms with Crippen molar-refractivity contribution in [1.82, 2.24) is 9.88 Å². The van der Waals surface area contributed by atoms with Gasteiger partial charge in [0.05, 0.1) is 10.1 Å². The highest BCUT2D eigenvalue weighted by molar-refractivity contribution is 7.92. The van der Waals surface area contributed by atoms with Crippen molar-refractivity contribution in [1.29, 1.82) is 0 Å². The zero-order valence-electron chi connectivity index (χ0n) is 15.5. The van der Waals surface area contributed by atoms with Crippen LogP contribution in [-0.4, -0.2) is 43.2 Å². The molecule has 1 aliphatic carbocycles. The van der Waals surface area contributed by atoms with Crippen LogP contribution in [0.1, 0.15) is 31.4 Å². The zero-order chi connectivity index (χ0) is 19.3. The average molecular weight is 388 g/mol. The number of aromatic nitrogens is 1. The molecule has 0 unspecified atom stereocenters. The molecule has 27 heavy (non-hydrogen) atoms. The highest BCUT2D eigenvalue weighted by Crippen LogP contribution is 2.30. The molecule has 7 heteroatoms. The Morgan fingerprint density at radius 3 is 2.48 bits per heavy atom. The van der Waals surface area contributed by atoms with Gasteiger partial charge < -0.3 is 10.2 Å². The minimum atomic E-state index is -3.27. The van der Waals surface area contributed by atoms with Crippen LogP contribution in [-0.2, 0) is 16.3 Å². The fourth-order valence-electron chi connectivity index (χ4n) is 3.27. The Bertz CT molecular complexity index is 861. The molecule has 0 aliphatic heterocycles. The normalized spacial score (nSPS) is 14.9. The van der Waals surface area contributed by atoms with Crippen molar-refractivity contribution in [3.05, 3.63) is 54.4 Å². The summed E-state index contributed by atoms with van der Waals surface area (Å²) >= 11 is 0. The van der Waals surface area contributed by atoms with Crippen LogP contribution < -0.4 is 5.32 Å². The van der Waals surface area contributed by atoms with E-state index in [0.29, 0.717) is 23.5 Å². The molecular weight excluding hydrogens is 362 g/mol. The maximum absolute atomic E-state index is 12.6. The molecular formula is C20H25N3O3S. The minimum Gasteiger partial charge on any atom is -0.327 e. The number of pyridine rings is 1. The third-order valence-corrected chi connectivity index (χ3v) is 7.23. The van der Waals surface area contributed by atoms with Gasteiger partial charge >= 0.3 is 6.03 Å². The molecule has 2 amide bonds. The molecule has 0 saturated heterocycles. The Balaban J connectivity index is 1.56. The molecule has 1 fully saturated rings. The predicted octanol–water partition coefficient (Wildman–Crippen LogP) is 3.50. The summed E-state index contributed by atoms with van der Waals surface area (Å²) in [4.78, 5) is 18.5. The summed E-state index contributed by atoms with van der Waals surface area (Å²) in [5.74, 6) is 0. The van der Waals surface area contributed by atoms with Crippen molar-refractivity contribution in [2.24, 2.45) is 0 Å². The smallest absolute Gasteiger partial charge is 0.321 e. The van der Waals surface area contributed by atoms with E-state index in [0.717, 1.165) is 31.4 Å². The van der Waals surface area contributed by atoms with Gasteiger partial charge in [-0.05, 0) is 49.2 Å². The fraction of sp³-hybridized carbons (Fsp3) is 0.400. The Morgan fingerprint density at radius 2 is 1.85 bits per heavy atom. The van der Waals surface area contributed by atoms with Gasteiger partial charge in [-0.2, -0.15) is 0 Å². The van der Waals surface area contributed by atoms with Crippen molar-refractivity contribution in [3.8, 4) is 0 Å². The third-order valence-electron chi connectivity index (χ3n) is 4.95. The highest BCUT2D eigenvalue weighted by atomic mass is 32.2. The van der Waals surface area contributed by atoms with Gasteiger partial charge in [0.15, 0.2) is 9.84 Å². The van der Waals surface area contributed by atoms with Gasteiger partial charge in [-0.1, -0.05) is 18.9 Å². The van der Waals surface area contributed by atoms with Crippen molar-refractivity contribution in [3.63, 3.8) is 0 Å². The largest absolute Gasteiger partial charge is 0.327 e. The maximum Gasteiger partial charge on any atom is 0.321 e. The average Bonchev–Trinajstić information content (AvgIpc) is 3.23. The standard InChI is InChI=1S/C20H25N3O3S/c1-23(15-13-16-6-4-5-14-21-16)20(24)22-17-9-11-19(12-10-17)27(25,26)18-7-2-3-8-18/h4-6,9-12,14,18H,2-3,7-8,13,15H2,1H3,(H,22,24). The second kappa shape index (κ2) is 8.52. The summed E-state index contributed by atoms with van der Waals surface area (Å²) < 4.78 is 25.2. The quantitative estimate of drug-likeness (QED) is 0.823. The number of anilines is 1. The topological polar surface area (TPSA) is 79.4 Å². The summed E-state index contributed by atoms with van der Waals surface area (Å²) in [7, 11) is -1.55. The molecule has 0 bridgehead atoms. The van der Waals surface area contributed by atoms with E-state index in [1.54, 1.807) is 42.4 Å². The number of sulfone groups is 1. The lowest BCUT2D eigenvalue weighted by atomic mass is 10.2. The maximum atomic E-state index is 12.6. The lowest BCUT2D eigenvalue weighted by molar-refractivity contribution is 0.223. The van der Waals surface area contributed by atoms with E-state index < -0.39 is 9.84 Å². The van der Waals surface area contributed by atoms with Gasteiger partial charge in [-0.25, -0.2) is 13.2 Å². The van der Waals surface area contributed by atoms with Gasteiger partial charge in [0, 0.05) is 37.6 Å². The summed E-state index contributed by atoms with van der Waals surface area (Å²) in [5, 5.41) is 2.53. The Kier molecular flexibility index (Phi) is 6.11. The third kappa shape index (κ3) is 4.86. The number of nitrogens with one attached hydrogen (secondary N) is 1. The predicted molar refractivity (Wildman–Crippen MR) is 105 cm³/mol. The van der Waals surface area contributed by atoms with E-state index >= 15 is 0 Å². The molecule has 0 radical (unpaired) electrons. The van der Waals surface area contributed by atoms with Crippen molar-refractivity contribution < 1.29 is 13.2 Å². The van der Waals surface area contributed by atoms with E-state index in [2.05, 4.69) is 10.3 Å². The number of hydrogen-bond donors (Lipinski definition) is 1. The zero-order valence-corrected chi connectivity index (χ0v) is 16.3. The van der Waals surface area contributed by atoms with Gasteiger partial charge in [0.2, 0.25) is 0 Å². The number of urea groups is 1. The lowest BCUT2D eigenvalue weighted by Gasteiger charge is -2.18. The van der Waals surface area contributed by atoms with E-state index in [-0.39, 0.29) is 11.3 Å².